The van der Waals surface area contributed by atoms with Crippen molar-refractivity contribution < 1.29 is 28.6 Å². The molecule has 0 fully saturated rings. The van der Waals surface area contributed by atoms with Crippen LogP contribution in [-0.2, 0) is 28.6 Å². The number of hydrogen-bond acceptors (Lipinski definition) is 6. The molecule has 0 aromatic carbocycles. The first kappa shape index (κ1) is 67.1. The van der Waals surface area contributed by atoms with Crippen LogP contribution >= 0.6 is 0 Å². The Bertz CT molecular complexity index is 1260. The highest BCUT2D eigenvalue weighted by molar-refractivity contribution is 5.71. The SMILES string of the molecule is CCCC/C=C\C/C=C\CCCCCCCC(=O)OCC(COC(=O)CCCCCCCC/C=C\C/C=C\C/C=C\CCCCCCC)OC(=O)CCCCCCCCCCCCCCCCCCC. The van der Waals surface area contributed by atoms with E-state index in [0.717, 1.165) is 96.3 Å². The third-order valence-corrected chi connectivity index (χ3v) is 13.2. The number of ether oxygens (including phenoxy) is 3. The van der Waals surface area contributed by atoms with Gasteiger partial charge in [0.1, 0.15) is 13.2 Å². The number of rotatable bonds is 55. The van der Waals surface area contributed by atoms with Crippen molar-refractivity contribution in [3.8, 4) is 0 Å². The molecule has 0 saturated carbocycles. The molecule has 1 atom stereocenters. The molecule has 6 heteroatoms. The van der Waals surface area contributed by atoms with E-state index in [1.807, 2.05) is 0 Å². The Kier molecular flexibility index (Phi) is 56.3. The van der Waals surface area contributed by atoms with Gasteiger partial charge in [0, 0.05) is 19.3 Å². The average molecular weight is 980 g/mol. The first-order valence-corrected chi connectivity index (χ1v) is 30.3. The van der Waals surface area contributed by atoms with E-state index >= 15 is 0 Å². The maximum atomic E-state index is 12.9. The van der Waals surface area contributed by atoms with Gasteiger partial charge in [-0.15, -0.1) is 0 Å². The molecule has 0 N–H and O–H groups in total. The first-order valence-electron chi connectivity index (χ1n) is 30.3. The van der Waals surface area contributed by atoms with Gasteiger partial charge in [-0.05, 0) is 83.5 Å². The zero-order valence-electron chi connectivity index (χ0n) is 46.5. The van der Waals surface area contributed by atoms with Crippen LogP contribution in [0.15, 0.2) is 60.8 Å². The van der Waals surface area contributed by atoms with Gasteiger partial charge >= 0.3 is 17.9 Å². The highest BCUT2D eigenvalue weighted by Crippen LogP contribution is 2.16. The van der Waals surface area contributed by atoms with Gasteiger partial charge in [-0.2, -0.15) is 0 Å². The molecule has 0 aliphatic carbocycles. The third-order valence-electron chi connectivity index (χ3n) is 13.2. The summed E-state index contributed by atoms with van der Waals surface area (Å²) in [4.78, 5) is 38.2. The first-order chi connectivity index (χ1) is 34.5. The number of unbranched alkanes of at least 4 members (excludes halogenated alkanes) is 34. The molecular formula is C64H114O6. The van der Waals surface area contributed by atoms with Crippen molar-refractivity contribution in [1.82, 2.24) is 0 Å². The summed E-state index contributed by atoms with van der Waals surface area (Å²) in [6.07, 6.45) is 73.5. The van der Waals surface area contributed by atoms with Crippen LogP contribution in [0.4, 0.5) is 0 Å². The standard InChI is InChI=1S/C64H114O6/c1-4-7-10-13-16-19-22-25-28-30-31-32-33-35-36-39-42-45-48-51-54-57-63(66)69-60-61(59-68-62(65)56-53-50-47-44-41-38-27-24-21-18-15-12-9-6-3)70-64(67)58-55-52-49-46-43-40-37-34-29-26-23-20-17-14-11-8-5-2/h15,18,22,24-25,27,30-31,33,35,61H,4-14,16-17,19-21,23,26,28-29,32,34,36-60H2,1-3H3/b18-15-,25-22-,27-24-,31-30-,35-33-. The van der Waals surface area contributed by atoms with Crippen molar-refractivity contribution >= 4 is 17.9 Å². The monoisotopic (exact) mass is 979 g/mol. The Morgan fingerprint density at radius 3 is 0.843 bits per heavy atom. The van der Waals surface area contributed by atoms with Crippen LogP contribution in [-0.4, -0.2) is 37.2 Å². The highest BCUT2D eigenvalue weighted by atomic mass is 16.6. The molecule has 0 aliphatic rings. The molecule has 0 rings (SSSR count). The minimum atomic E-state index is -0.784. The van der Waals surface area contributed by atoms with Crippen LogP contribution < -0.4 is 0 Å². The van der Waals surface area contributed by atoms with Gasteiger partial charge in [0.15, 0.2) is 6.10 Å². The molecule has 70 heavy (non-hydrogen) atoms. The second-order valence-electron chi connectivity index (χ2n) is 20.3. The third kappa shape index (κ3) is 56.0. The predicted octanol–water partition coefficient (Wildman–Crippen LogP) is 20.4. The van der Waals surface area contributed by atoms with Crippen LogP contribution in [0.1, 0.15) is 310 Å². The van der Waals surface area contributed by atoms with Crippen LogP contribution in [0.25, 0.3) is 0 Å². The minimum absolute atomic E-state index is 0.0832. The molecule has 0 saturated heterocycles. The van der Waals surface area contributed by atoms with E-state index in [4.69, 9.17) is 14.2 Å². The minimum Gasteiger partial charge on any atom is -0.462 e. The summed E-state index contributed by atoms with van der Waals surface area (Å²) in [7, 11) is 0. The summed E-state index contributed by atoms with van der Waals surface area (Å²) in [5, 5.41) is 0. The predicted molar refractivity (Wildman–Crippen MR) is 302 cm³/mol. The summed E-state index contributed by atoms with van der Waals surface area (Å²) >= 11 is 0. The van der Waals surface area contributed by atoms with Gasteiger partial charge in [-0.1, -0.05) is 268 Å². The van der Waals surface area contributed by atoms with Crippen LogP contribution in [0, 0.1) is 0 Å². The lowest BCUT2D eigenvalue weighted by molar-refractivity contribution is -0.167. The van der Waals surface area contributed by atoms with Crippen molar-refractivity contribution in [2.45, 2.75) is 316 Å². The molecule has 0 spiro atoms. The topological polar surface area (TPSA) is 78.9 Å². The number of carbonyl (C=O) groups excluding carboxylic acids is 3. The molecule has 6 nitrogen and oxygen atoms in total. The lowest BCUT2D eigenvalue weighted by atomic mass is 10.0. The van der Waals surface area contributed by atoms with Gasteiger partial charge < -0.3 is 14.2 Å². The number of carbonyl (C=O) groups is 3. The molecule has 0 aliphatic heterocycles. The van der Waals surface area contributed by atoms with E-state index in [1.165, 1.54) is 173 Å². The molecular weight excluding hydrogens is 865 g/mol. The average Bonchev–Trinajstić information content (AvgIpc) is 3.36. The van der Waals surface area contributed by atoms with E-state index in [0.29, 0.717) is 19.3 Å². The summed E-state index contributed by atoms with van der Waals surface area (Å²) in [6.45, 7) is 6.60. The Labute approximate surface area is 434 Å². The molecule has 0 aromatic heterocycles. The van der Waals surface area contributed by atoms with E-state index in [1.54, 1.807) is 0 Å². The Hall–Kier alpha value is -2.89. The van der Waals surface area contributed by atoms with Gasteiger partial charge in [0.05, 0.1) is 0 Å². The van der Waals surface area contributed by atoms with Crippen LogP contribution in [0.3, 0.4) is 0 Å². The van der Waals surface area contributed by atoms with Gasteiger partial charge in [-0.3, -0.25) is 14.4 Å². The number of esters is 3. The van der Waals surface area contributed by atoms with Gasteiger partial charge in [-0.25, -0.2) is 0 Å². The molecule has 1 unspecified atom stereocenters. The smallest absolute Gasteiger partial charge is 0.306 e. The molecule has 0 heterocycles. The van der Waals surface area contributed by atoms with Crippen LogP contribution in [0.2, 0.25) is 0 Å². The lowest BCUT2D eigenvalue weighted by Gasteiger charge is -2.18. The van der Waals surface area contributed by atoms with Gasteiger partial charge in [0.2, 0.25) is 0 Å². The molecule has 0 radical (unpaired) electrons. The summed E-state index contributed by atoms with van der Waals surface area (Å²) in [6, 6.07) is 0. The summed E-state index contributed by atoms with van der Waals surface area (Å²) in [5.74, 6) is -0.893. The van der Waals surface area contributed by atoms with E-state index < -0.39 is 6.10 Å². The van der Waals surface area contributed by atoms with Crippen molar-refractivity contribution in [2.24, 2.45) is 0 Å². The molecule has 0 amide bonds. The van der Waals surface area contributed by atoms with Crippen molar-refractivity contribution in [3.63, 3.8) is 0 Å². The molecule has 0 aromatic rings. The van der Waals surface area contributed by atoms with E-state index in [9.17, 15) is 14.4 Å². The Morgan fingerprint density at radius 1 is 0.286 bits per heavy atom. The second kappa shape index (κ2) is 58.7. The van der Waals surface area contributed by atoms with Crippen molar-refractivity contribution in [1.29, 1.82) is 0 Å². The van der Waals surface area contributed by atoms with E-state index in [2.05, 4.69) is 81.5 Å². The molecule has 0 bridgehead atoms. The maximum Gasteiger partial charge on any atom is 0.306 e. The summed E-state index contributed by atoms with van der Waals surface area (Å²) < 4.78 is 16.9. The van der Waals surface area contributed by atoms with E-state index in [-0.39, 0.29) is 31.1 Å². The fourth-order valence-corrected chi connectivity index (χ4v) is 8.64. The normalized spacial score (nSPS) is 12.4. The zero-order valence-corrected chi connectivity index (χ0v) is 46.5. The van der Waals surface area contributed by atoms with Crippen LogP contribution in [0.5, 0.6) is 0 Å². The fourth-order valence-electron chi connectivity index (χ4n) is 8.64. The quantitative estimate of drug-likeness (QED) is 0.0261. The maximum absolute atomic E-state index is 12.9. The lowest BCUT2D eigenvalue weighted by Crippen LogP contribution is -2.30. The Morgan fingerprint density at radius 2 is 0.529 bits per heavy atom. The van der Waals surface area contributed by atoms with Crippen molar-refractivity contribution in [2.75, 3.05) is 13.2 Å². The largest absolute Gasteiger partial charge is 0.462 e. The highest BCUT2D eigenvalue weighted by Gasteiger charge is 2.19. The second-order valence-corrected chi connectivity index (χ2v) is 20.3. The fraction of sp³-hybridized carbons (Fsp3) is 0.797. The number of allylic oxidation sites excluding steroid dienone is 10. The molecule has 406 valence electrons. The zero-order chi connectivity index (χ0) is 50.7. The number of hydrogen-bond donors (Lipinski definition) is 0. The Balaban J connectivity index is 4.38. The van der Waals surface area contributed by atoms with Gasteiger partial charge in [0.25, 0.3) is 0 Å². The summed E-state index contributed by atoms with van der Waals surface area (Å²) in [5.41, 5.74) is 0. The van der Waals surface area contributed by atoms with Crippen molar-refractivity contribution in [3.05, 3.63) is 60.8 Å².